The van der Waals surface area contributed by atoms with Crippen LogP contribution in [0.5, 0.6) is 0 Å². The Morgan fingerprint density at radius 2 is 1.81 bits per heavy atom. The van der Waals surface area contributed by atoms with Crippen LogP contribution in [0.25, 0.3) is 10.2 Å². The molecule has 2 fully saturated rings. The summed E-state index contributed by atoms with van der Waals surface area (Å²) in [4.78, 5) is 34.4. The zero-order chi connectivity index (χ0) is 18.8. The van der Waals surface area contributed by atoms with E-state index >= 15 is 0 Å². The molecule has 0 aliphatic carbocycles. The highest BCUT2D eigenvalue weighted by molar-refractivity contribution is 7.18. The summed E-state index contributed by atoms with van der Waals surface area (Å²) in [5.74, 6) is 0.497. The Hall–Kier alpha value is -1.99. The lowest BCUT2D eigenvalue weighted by atomic mass is 9.95. The lowest BCUT2D eigenvalue weighted by molar-refractivity contribution is -0.917. The highest BCUT2D eigenvalue weighted by atomic mass is 32.1. The van der Waals surface area contributed by atoms with Gasteiger partial charge in [-0.3, -0.25) is 9.59 Å². The molecule has 2 saturated heterocycles. The number of para-hydroxylation sites is 1. The van der Waals surface area contributed by atoms with Crippen LogP contribution in [0.1, 0.15) is 24.8 Å². The van der Waals surface area contributed by atoms with Crippen molar-refractivity contribution in [2.75, 3.05) is 39.3 Å². The van der Waals surface area contributed by atoms with Gasteiger partial charge < -0.3 is 14.7 Å². The first kappa shape index (κ1) is 18.4. The Morgan fingerprint density at radius 3 is 2.48 bits per heavy atom. The van der Waals surface area contributed by atoms with Gasteiger partial charge in [-0.25, -0.2) is 4.98 Å². The second kappa shape index (κ2) is 7.94. The highest BCUT2D eigenvalue weighted by Gasteiger charge is 2.32. The first-order valence-electron chi connectivity index (χ1n) is 9.82. The molecule has 0 saturated carbocycles. The van der Waals surface area contributed by atoms with Gasteiger partial charge in [0.15, 0.2) is 0 Å². The molecule has 1 aromatic heterocycles. The van der Waals surface area contributed by atoms with E-state index in [-0.39, 0.29) is 17.7 Å². The van der Waals surface area contributed by atoms with Crippen molar-refractivity contribution in [3.63, 3.8) is 0 Å². The largest absolute Gasteiger partial charge is 0.343 e. The highest BCUT2D eigenvalue weighted by Crippen LogP contribution is 2.21. The minimum atomic E-state index is 0.0893. The fraction of sp³-hybridized carbons (Fsp3) is 0.550. The molecular weight excluding hydrogens is 360 g/mol. The topological polar surface area (TPSA) is 58.0 Å². The summed E-state index contributed by atoms with van der Waals surface area (Å²) in [5, 5.41) is 1.18. The molecule has 0 unspecified atom stereocenters. The van der Waals surface area contributed by atoms with E-state index in [0.29, 0.717) is 13.1 Å². The predicted molar refractivity (Wildman–Crippen MR) is 106 cm³/mol. The lowest BCUT2D eigenvalue weighted by Crippen LogP contribution is -3.13. The number of hydrogen-bond donors (Lipinski definition) is 1. The fourth-order valence-corrected chi connectivity index (χ4v) is 5.17. The predicted octanol–water partition coefficient (Wildman–Crippen LogP) is 0.782. The third kappa shape index (κ3) is 4.14. The Labute approximate surface area is 163 Å². The van der Waals surface area contributed by atoms with E-state index in [0.717, 1.165) is 51.1 Å². The molecule has 2 aromatic rings. The van der Waals surface area contributed by atoms with Crippen LogP contribution in [0.4, 0.5) is 0 Å². The number of aromatic nitrogens is 1. The second-order valence-electron chi connectivity index (χ2n) is 7.61. The minimum absolute atomic E-state index is 0.0893. The maximum Gasteiger partial charge on any atom is 0.226 e. The summed E-state index contributed by atoms with van der Waals surface area (Å²) in [6.07, 6.45) is 1.61. The number of piperazine rings is 1. The fourth-order valence-electron chi connectivity index (χ4n) is 4.13. The van der Waals surface area contributed by atoms with Crippen LogP contribution in [0, 0.1) is 5.92 Å². The van der Waals surface area contributed by atoms with Crippen LogP contribution in [0.15, 0.2) is 24.3 Å². The molecule has 0 spiro atoms. The molecule has 0 atom stereocenters. The van der Waals surface area contributed by atoms with E-state index < -0.39 is 0 Å². The molecule has 0 radical (unpaired) electrons. The molecule has 0 bridgehead atoms. The normalized spacial score (nSPS) is 19.6. The van der Waals surface area contributed by atoms with Crippen LogP contribution >= 0.6 is 11.3 Å². The maximum absolute atomic E-state index is 12.8. The SMILES string of the molecule is CC(=O)N1CCC(C(=O)N2CC[NH+](Cc3nc4ccccc4s3)CC2)CC1. The second-order valence-corrected chi connectivity index (χ2v) is 8.72. The van der Waals surface area contributed by atoms with Gasteiger partial charge in [-0.2, -0.15) is 0 Å². The quantitative estimate of drug-likeness (QED) is 0.847. The number of carbonyl (C=O) groups is 2. The third-order valence-corrected chi connectivity index (χ3v) is 6.85. The van der Waals surface area contributed by atoms with Crippen LogP contribution < -0.4 is 4.90 Å². The molecule has 4 rings (SSSR count). The standard InChI is InChI=1S/C20H26N4O2S/c1-15(25)23-8-6-16(7-9-23)20(26)24-12-10-22(11-13-24)14-19-21-17-4-2-3-5-18(17)27-19/h2-5,16H,6-14H2,1H3/p+1. The summed E-state index contributed by atoms with van der Waals surface area (Å²) in [6.45, 7) is 7.59. The Bertz CT molecular complexity index is 787. The van der Waals surface area contributed by atoms with Crippen molar-refractivity contribution in [2.45, 2.75) is 26.3 Å². The van der Waals surface area contributed by atoms with Gasteiger partial charge >= 0.3 is 0 Å². The van der Waals surface area contributed by atoms with Gasteiger partial charge in [-0.15, -0.1) is 11.3 Å². The first-order chi connectivity index (χ1) is 13.1. The van der Waals surface area contributed by atoms with E-state index in [1.165, 1.54) is 14.6 Å². The number of quaternary nitrogens is 1. The average molecular weight is 388 g/mol. The van der Waals surface area contributed by atoms with Crippen molar-refractivity contribution in [1.82, 2.24) is 14.8 Å². The molecule has 2 aliphatic heterocycles. The first-order valence-corrected chi connectivity index (χ1v) is 10.6. The summed E-state index contributed by atoms with van der Waals surface area (Å²) < 4.78 is 1.25. The van der Waals surface area contributed by atoms with Gasteiger partial charge in [0.25, 0.3) is 0 Å². The number of amides is 2. The van der Waals surface area contributed by atoms with Crippen molar-refractivity contribution in [3.8, 4) is 0 Å². The van der Waals surface area contributed by atoms with Crippen LogP contribution in [0.2, 0.25) is 0 Å². The van der Waals surface area contributed by atoms with Crippen LogP contribution in [-0.4, -0.2) is 65.9 Å². The van der Waals surface area contributed by atoms with Crippen LogP contribution in [0.3, 0.4) is 0 Å². The van der Waals surface area contributed by atoms with E-state index in [1.54, 1.807) is 18.3 Å². The number of rotatable bonds is 3. The summed E-state index contributed by atoms with van der Waals surface area (Å²) in [6, 6.07) is 8.28. The molecule has 3 heterocycles. The lowest BCUT2D eigenvalue weighted by Gasteiger charge is -2.36. The Kier molecular flexibility index (Phi) is 5.41. The minimum Gasteiger partial charge on any atom is -0.343 e. The van der Waals surface area contributed by atoms with Gasteiger partial charge in [0.2, 0.25) is 11.8 Å². The van der Waals surface area contributed by atoms with Gasteiger partial charge in [0.1, 0.15) is 11.6 Å². The van der Waals surface area contributed by atoms with Gasteiger partial charge in [0, 0.05) is 25.9 Å². The van der Waals surface area contributed by atoms with Gasteiger partial charge in [-0.1, -0.05) is 12.1 Å². The number of hydrogen-bond acceptors (Lipinski definition) is 4. The zero-order valence-electron chi connectivity index (χ0n) is 15.8. The maximum atomic E-state index is 12.8. The number of nitrogens with one attached hydrogen (secondary N) is 1. The number of carbonyl (C=O) groups excluding carboxylic acids is 2. The number of likely N-dealkylation sites (tertiary alicyclic amines) is 1. The number of thiazole rings is 1. The molecule has 2 amide bonds. The van der Waals surface area contributed by atoms with Crippen molar-refractivity contribution in [1.29, 1.82) is 0 Å². The third-order valence-electron chi connectivity index (χ3n) is 5.81. The van der Waals surface area contributed by atoms with E-state index in [4.69, 9.17) is 4.98 Å². The molecule has 1 aromatic carbocycles. The van der Waals surface area contributed by atoms with Crippen molar-refractivity contribution in [2.24, 2.45) is 5.92 Å². The summed E-state index contributed by atoms with van der Waals surface area (Å²) in [7, 11) is 0. The Balaban J connectivity index is 1.27. The average Bonchev–Trinajstić information content (AvgIpc) is 3.10. The number of fused-ring (bicyclic) bond motifs is 1. The number of piperidine rings is 1. The van der Waals surface area contributed by atoms with Gasteiger partial charge in [0.05, 0.1) is 36.4 Å². The Morgan fingerprint density at radius 1 is 1.11 bits per heavy atom. The van der Waals surface area contributed by atoms with Crippen molar-refractivity contribution in [3.05, 3.63) is 29.3 Å². The number of nitrogens with zero attached hydrogens (tertiary/aromatic N) is 3. The molecular formula is C20H27N4O2S+. The van der Waals surface area contributed by atoms with E-state index in [9.17, 15) is 9.59 Å². The molecule has 2 aliphatic rings. The smallest absolute Gasteiger partial charge is 0.226 e. The van der Waals surface area contributed by atoms with Gasteiger partial charge in [-0.05, 0) is 25.0 Å². The monoisotopic (exact) mass is 387 g/mol. The molecule has 7 heteroatoms. The molecule has 144 valence electrons. The summed E-state index contributed by atoms with van der Waals surface area (Å²) >= 11 is 1.78. The molecule has 1 N–H and O–H groups in total. The van der Waals surface area contributed by atoms with Crippen LogP contribution in [-0.2, 0) is 16.1 Å². The zero-order valence-corrected chi connectivity index (χ0v) is 16.6. The summed E-state index contributed by atoms with van der Waals surface area (Å²) in [5.41, 5.74) is 1.09. The van der Waals surface area contributed by atoms with Crippen molar-refractivity contribution < 1.29 is 14.5 Å². The van der Waals surface area contributed by atoms with E-state index in [2.05, 4.69) is 18.2 Å². The van der Waals surface area contributed by atoms with E-state index in [1.807, 2.05) is 15.9 Å². The van der Waals surface area contributed by atoms with Crippen molar-refractivity contribution >= 4 is 33.4 Å². The molecule has 6 nitrogen and oxygen atoms in total. The molecule has 27 heavy (non-hydrogen) atoms. The number of benzene rings is 1.